The van der Waals surface area contributed by atoms with Crippen LogP contribution in [0.15, 0.2) is 60.8 Å². The third-order valence-electron chi connectivity index (χ3n) is 2.91. The second kappa shape index (κ2) is 7.14. The van der Waals surface area contributed by atoms with Crippen molar-refractivity contribution in [1.29, 1.82) is 0 Å². The quantitative estimate of drug-likeness (QED) is 0.817. The maximum Gasteiger partial charge on any atom is 0.224 e. The minimum atomic E-state index is -0.000365. The predicted octanol–water partition coefficient (Wildman–Crippen LogP) is 2.99. The van der Waals surface area contributed by atoms with Crippen molar-refractivity contribution >= 4 is 17.7 Å². The Bertz CT molecular complexity index is 591. The van der Waals surface area contributed by atoms with Crippen LogP contribution in [0.1, 0.15) is 17.5 Å². The van der Waals surface area contributed by atoms with Crippen LogP contribution in [0.25, 0.3) is 6.08 Å². The van der Waals surface area contributed by atoms with Gasteiger partial charge in [0.25, 0.3) is 0 Å². The van der Waals surface area contributed by atoms with E-state index < -0.39 is 0 Å². The van der Waals surface area contributed by atoms with Crippen LogP contribution in [0.2, 0.25) is 0 Å². The highest BCUT2D eigenvalue weighted by Crippen LogP contribution is 2.08. The van der Waals surface area contributed by atoms with Crippen LogP contribution in [0.5, 0.6) is 0 Å². The number of carbonyl (C=O) groups is 1. The zero-order valence-corrected chi connectivity index (χ0v) is 11.3. The molecular formula is C17H18N2O. The van der Waals surface area contributed by atoms with E-state index in [2.05, 4.69) is 5.32 Å². The van der Waals surface area contributed by atoms with Crippen molar-refractivity contribution in [3.05, 3.63) is 71.9 Å². The van der Waals surface area contributed by atoms with Crippen molar-refractivity contribution in [3.63, 3.8) is 0 Å². The lowest BCUT2D eigenvalue weighted by Crippen LogP contribution is -2.17. The van der Waals surface area contributed by atoms with Crippen LogP contribution < -0.4 is 11.1 Å². The topological polar surface area (TPSA) is 55.1 Å². The van der Waals surface area contributed by atoms with Crippen LogP contribution in [-0.4, -0.2) is 5.91 Å². The number of carbonyl (C=O) groups excluding carboxylic acids is 1. The molecule has 0 bridgehead atoms. The fourth-order valence-electron chi connectivity index (χ4n) is 1.87. The number of hydrogen-bond acceptors (Lipinski definition) is 2. The van der Waals surface area contributed by atoms with Crippen LogP contribution >= 0.6 is 0 Å². The Morgan fingerprint density at radius 1 is 1.10 bits per heavy atom. The van der Waals surface area contributed by atoms with Gasteiger partial charge in [0, 0.05) is 18.3 Å². The van der Waals surface area contributed by atoms with E-state index in [1.54, 1.807) is 6.20 Å². The summed E-state index contributed by atoms with van der Waals surface area (Å²) in [4.78, 5) is 11.7. The van der Waals surface area contributed by atoms with Gasteiger partial charge in [-0.05, 0) is 35.8 Å². The van der Waals surface area contributed by atoms with E-state index >= 15 is 0 Å². The molecule has 0 spiro atoms. The molecule has 0 saturated heterocycles. The van der Waals surface area contributed by atoms with Gasteiger partial charge in [-0.3, -0.25) is 4.79 Å². The fourth-order valence-corrected chi connectivity index (χ4v) is 1.87. The molecule has 0 fully saturated rings. The molecule has 0 aliphatic heterocycles. The smallest absolute Gasteiger partial charge is 0.224 e. The van der Waals surface area contributed by atoms with Crippen LogP contribution in [-0.2, 0) is 11.2 Å². The maximum atomic E-state index is 11.7. The van der Waals surface area contributed by atoms with Crippen LogP contribution in [0.4, 0.5) is 5.69 Å². The Kier molecular flexibility index (Phi) is 4.95. The van der Waals surface area contributed by atoms with E-state index in [4.69, 9.17) is 5.73 Å². The number of hydrogen-bond donors (Lipinski definition) is 2. The van der Waals surface area contributed by atoms with E-state index in [0.717, 1.165) is 16.8 Å². The summed E-state index contributed by atoms with van der Waals surface area (Å²) < 4.78 is 0. The van der Waals surface area contributed by atoms with Gasteiger partial charge in [-0.2, -0.15) is 0 Å². The second-order valence-corrected chi connectivity index (χ2v) is 4.56. The van der Waals surface area contributed by atoms with Crippen molar-refractivity contribution in [3.8, 4) is 0 Å². The van der Waals surface area contributed by atoms with E-state index in [0.29, 0.717) is 12.8 Å². The molecule has 2 aromatic carbocycles. The van der Waals surface area contributed by atoms with E-state index in [9.17, 15) is 4.79 Å². The molecule has 0 aromatic heterocycles. The standard InChI is InChI=1S/C17H18N2O/c18-16-8-4-7-15(13-16)9-10-17(20)19-12-11-14-5-2-1-3-6-14/h1-8,11-13H,9-10,18H2,(H,19,20). The van der Waals surface area contributed by atoms with Gasteiger partial charge < -0.3 is 11.1 Å². The third kappa shape index (κ3) is 4.61. The van der Waals surface area contributed by atoms with Crippen LogP contribution in [0, 0.1) is 0 Å². The van der Waals surface area contributed by atoms with E-state index in [-0.39, 0.29) is 5.91 Å². The zero-order valence-electron chi connectivity index (χ0n) is 11.3. The Labute approximate surface area is 119 Å². The Balaban J connectivity index is 1.77. The highest BCUT2D eigenvalue weighted by molar-refractivity contribution is 5.78. The molecule has 0 atom stereocenters. The third-order valence-corrected chi connectivity index (χ3v) is 2.91. The molecule has 0 heterocycles. The van der Waals surface area contributed by atoms with Gasteiger partial charge in [-0.1, -0.05) is 42.5 Å². The molecule has 0 radical (unpaired) electrons. The predicted molar refractivity (Wildman–Crippen MR) is 82.8 cm³/mol. The number of amides is 1. The Morgan fingerprint density at radius 3 is 2.65 bits per heavy atom. The lowest BCUT2D eigenvalue weighted by molar-refractivity contribution is -0.120. The monoisotopic (exact) mass is 266 g/mol. The zero-order chi connectivity index (χ0) is 14.2. The summed E-state index contributed by atoms with van der Waals surface area (Å²) in [7, 11) is 0. The van der Waals surface area contributed by atoms with Crippen molar-refractivity contribution in [2.24, 2.45) is 0 Å². The Hall–Kier alpha value is -2.55. The normalized spacial score (nSPS) is 10.6. The molecule has 3 heteroatoms. The molecular weight excluding hydrogens is 248 g/mol. The molecule has 3 nitrogen and oxygen atoms in total. The molecule has 102 valence electrons. The van der Waals surface area contributed by atoms with Gasteiger partial charge in [0.15, 0.2) is 0 Å². The fraction of sp³-hybridized carbons (Fsp3) is 0.118. The summed E-state index contributed by atoms with van der Waals surface area (Å²) in [6.07, 6.45) is 4.69. The van der Waals surface area contributed by atoms with Gasteiger partial charge in [0.05, 0.1) is 0 Å². The number of aryl methyl sites for hydroxylation is 1. The Morgan fingerprint density at radius 2 is 1.90 bits per heavy atom. The van der Waals surface area contributed by atoms with Gasteiger partial charge >= 0.3 is 0 Å². The minimum Gasteiger partial charge on any atom is -0.399 e. The molecule has 0 unspecified atom stereocenters. The highest BCUT2D eigenvalue weighted by Gasteiger charge is 2.00. The molecule has 0 aliphatic carbocycles. The first kappa shape index (κ1) is 13.9. The first-order chi connectivity index (χ1) is 9.74. The van der Waals surface area contributed by atoms with E-state index in [1.165, 1.54) is 0 Å². The molecule has 0 aliphatic rings. The van der Waals surface area contributed by atoms with Crippen molar-refractivity contribution in [2.75, 3.05) is 5.73 Å². The largest absolute Gasteiger partial charge is 0.399 e. The highest BCUT2D eigenvalue weighted by atomic mass is 16.1. The van der Waals surface area contributed by atoms with Gasteiger partial charge in [-0.25, -0.2) is 0 Å². The van der Waals surface area contributed by atoms with Gasteiger partial charge in [-0.15, -0.1) is 0 Å². The molecule has 20 heavy (non-hydrogen) atoms. The van der Waals surface area contributed by atoms with Crippen LogP contribution in [0.3, 0.4) is 0 Å². The number of nitrogen functional groups attached to an aromatic ring is 1. The summed E-state index contributed by atoms with van der Waals surface area (Å²) in [5.41, 5.74) is 8.56. The van der Waals surface area contributed by atoms with Gasteiger partial charge in [0.1, 0.15) is 0 Å². The lowest BCUT2D eigenvalue weighted by Gasteiger charge is -2.02. The molecule has 1 amide bonds. The van der Waals surface area contributed by atoms with Gasteiger partial charge in [0.2, 0.25) is 5.91 Å². The second-order valence-electron chi connectivity index (χ2n) is 4.56. The average molecular weight is 266 g/mol. The number of rotatable bonds is 5. The molecule has 2 rings (SSSR count). The van der Waals surface area contributed by atoms with Crippen molar-refractivity contribution in [2.45, 2.75) is 12.8 Å². The lowest BCUT2D eigenvalue weighted by atomic mass is 10.1. The number of benzene rings is 2. The summed E-state index contributed by atoms with van der Waals surface area (Å²) in [6, 6.07) is 17.5. The number of anilines is 1. The molecule has 0 saturated carbocycles. The average Bonchev–Trinajstić information content (AvgIpc) is 2.46. The number of nitrogens with one attached hydrogen (secondary N) is 1. The maximum absolute atomic E-state index is 11.7. The summed E-state index contributed by atoms with van der Waals surface area (Å²) >= 11 is 0. The molecule has 3 N–H and O–H groups in total. The first-order valence-electron chi connectivity index (χ1n) is 6.59. The van der Waals surface area contributed by atoms with Crippen molar-refractivity contribution in [1.82, 2.24) is 5.32 Å². The summed E-state index contributed by atoms with van der Waals surface area (Å²) in [5, 5.41) is 2.77. The summed E-state index contributed by atoms with van der Waals surface area (Å²) in [6.45, 7) is 0. The summed E-state index contributed by atoms with van der Waals surface area (Å²) in [5.74, 6) is -0.000365. The van der Waals surface area contributed by atoms with E-state index in [1.807, 2.05) is 60.7 Å². The number of nitrogens with two attached hydrogens (primary N) is 1. The minimum absolute atomic E-state index is 0.000365. The SMILES string of the molecule is Nc1cccc(CCC(=O)NC=Cc2ccccc2)c1. The van der Waals surface area contributed by atoms with Crippen molar-refractivity contribution < 1.29 is 4.79 Å². The molecule has 2 aromatic rings. The first-order valence-corrected chi connectivity index (χ1v) is 6.59.